The number of phenolic OH excluding ortho intramolecular Hbond substituents is 1. The second-order valence-electron chi connectivity index (χ2n) is 5.50. The number of aromatic hydroxyl groups is 1. The highest BCUT2D eigenvalue weighted by Gasteiger charge is 2.13. The number of halogens is 1. The Hall–Kier alpha value is -3.16. The first-order valence-electron chi connectivity index (χ1n) is 7.76. The molecule has 0 radical (unpaired) electrons. The number of phenols is 1. The van der Waals surface area contributed by atoms with Gasteiger partial charge in [0.1, 0.15) is 17.4 Å². The zero-order valence-electron chi connectivity index (χ0n) is 13.7. The first-order valence-corrected chi connectivity index (χ1v) is 8.13. The highest BCUT2D eigenvalue weighted by Crippen LogP contribution is 2.19. The van der Waals surface area contributed by atoms with Gasteiger partial charge in [0, 0.05) is 5.02 Å². The lowest BCUT2D eigenvalue weighted by Gasteiger charge is -2.08. The monoisotopic (exact) mass is 368 g/mol. The molecule has 0 amide bonds. The van der Waals surface area contributed by atoms with Crippen LogP contribution in [0.3, 0.4) is 0 Å². The van der Waals surface area contributed by atoms with Gasteiger partial charge in [-0.25, -0.2) is 9.98 Å². The number of amidine groups is 1. The minimum Gasteiger partial charge on any atom is -0.508 e. The molecular weight excluding hydrogens is 352 g/mol. The standard InChI is InChI=1S/C18H17ClN6O/c19-12-2-1-3-13(10-12)22-15(20)8-9-16-23-18(25-24-16)17(21)11-4-6-14(26)7-5-11/h1-10,17,26H,21H2,(H2,20,22)(H,23,24,25)/b9-8-. The Morgan fingerprint density at radius 3 is 2.73 bits per heavy atom. The molecule has 0 aliphatic carbocycles. The minimum atomic E-state index is -0.484. The van der Waals surface area contributed by atoms with Gasteiger partial charge in [-0.15, -0.1) is 0 Å². The van der Waals surface area contributed by atoms with Crippen molar-refractivity contribution in [1.82, 2.24) is 15.2 Å². The Morgan fingerprint density at radius 2 is 2.00 bits per heavy atom. The van der Waals surface area contributed by atoms with Crippen molar-refractivity contribution >= 4 is 29.2 Å². The predicted octanol–water partition coefficient (Wildman–Crippen LogP) is 2.91. The average molecular weight is 369 g/mol. The number of rotatable bonds is 5. The maximum Gasteiger partial charge on any atom is 0.174 e. The van der Waals surface area contributed by atoms with E-state index < -0.39 is 6.04 Å². The molecule has 0 bridgehead atoms. The molecule has 132 valence electrons. The van der Waals surface area contributed by atoms with E-state index in [4.69, 9.17) is 23.1 Å². The number of hydrogen-bond donors (Lipinski definition) is 4. The van der Waals surface area contributed by atoms with Gasteiger partial charge in [-0.05, 0) is 48.0 Å². The van der Waals surface area contributed by atoms with E-state index in [1.807, 2.05) is 0 Å². The Kier molecular flexibility index (Phi) is 5.31. The number of H-pyrrole nitrogens is 1. The van der Waals surface area contributed by atoms with Gasteiger partial charge >= 0.3 is 0 Å². The van der Waals surface area contributed by atoms with Gasteiger partial charge < -0.3 is 16.6 Å². The largest absolute Gasteiger partial charge is 0.508 e. The average Bonchev–Trinajstić information content (AvgIpc) is 3.09. The zero-order valence-corrected chi connectivity index (χ0v) is 14.4. The van der Waals surface area contributed by atoms with Gasteiger partial charge in [-0.1, -0.05) is 29.8 Å². The molecule has 1 unspecified atom stereocenters. The molecule has 3 rings (SSSR count). The summed E-state index contributed by atoms with van der Waals surface area (Å²) in [4.78, 5) is 8.57. The smallest absolute Gasteiger partial charge is 0.174 e. The summed E-state index contributed by atoms with van der Waals surface area (Å²) in [5.41, 5.74) is 13.5. The van der Waals surface area contributed by atoms with E-state index in [0.717, 1.165) is 5.56 Å². The molecule has 0 saturated heterocycles. The van der Waals surface area contributed by atoms with Crippen LogP contribution in [0.5, 0.6) is 5.75 Å². The Morgan fingerprint density at radius 1 is 1.23 bits per heavy atom. The molecule has 2 aromatic carbocycles. The highest BCUT2D eigenvalue weighted by molar-refractivity contribution is 6.30. The molecule has 1 atom stereocenters. The molecule has 0 saturated carbocycles. The van der Waals surface area contributed by atoms with Gasteiger partial charge in [-0.2, -0.15) is 5.10 Å². The molecule has 7 nitrogen and oxygen atoms in total. The predicted molar refractivity (Wildman–Crippen MR) is 102 cm³/mol. The third-order valence-electron chi connectivity index (χ3n) is 3.54. The van der Waals surface area contributed by atoms with Crippen LogP contribution in [0.1, 0.15) is 23.3 Å². The van der Waals surface area contributed by atoms with Crippen LogP contribution >= 0.6 is 11.6 Å². The van der Waals surface area contributed by atoms with Crippen LogP contribution in [-0.4, -0.2) is 26.1 Å². The lowest BCUT2D eigenvalue weighted by molar-refractivity contribution is 0.475. The molecule has 0 aliphatic rings. The van der Waals surface area contributed by atoms with Crippen LogP contribution in [-0.2, 0) is 0 Å². The van der Waals surface area contributed by atoms with E-state index in [1.165, 1.54) is 0 Å². The lowest BCUT2D eigenvalue weighted by atomic mass is 10.1. The lowest BCUT2D eigenvalue weighted by Crippen LogP contribution is -2.13. The van der Waals surface area contributed by atoms with E-state index in [2.05, 4.69) is 20.2 Å². The number of nitrogens with two attached hydrogens (primary N) is 2. The third kappa shape index (κ3) is 4.47. The fourth-order valence-electron chi connectivity index (χ4n) is 2.23. The van der Waals surface area contributed by atoms with Crippen molar-refractivity contribution in [3.8, 4) is 5.75 Å². The molecule has 1 aromatic heterocycles. The summed E-state index contributed by atoms with van der Waals surface area (Å²) in [7, 11) is 0. The summed E-state index contributed by atoms with van der Waals surface area (Å²) in [6.07, 6.45) is 3.23. The van der Waals surface area contributed by atoms with E-state index in [-0.39, 0.29) is 5.75 Å². The minimum absolute atomic E-state index is 0.177. The Labute approximate surface area is 155 Å². The summed E-state index contributed by atoms with van der Waals surface area (Å²) >= 11 is 5.91. The molecule has 6 N–H and O–H groups in total. The summed E-state index contributed by atoms with van der Waals surface area (Å²) < 4.78 is 0. The first-order chi connectivity index (χ1) is 12.5. The number of aromatic amines is 1. The van der Waals surface area contributed by atoms with Crippen LogP contribution in [0, 0.1) is 0 Å². The molecular formula is C18H17ClN6O. The SMILES string of the molecule is NC(/C=C\c1n[nH]c(C(N)c2ccc(O)cc2)n1)=Nc1cccc(Cl)c1. The van der Waals surface area contributed by atoms with Gasteiger partial charge in [0.15, 0.2) is 5.82 Å². The molecule has 0 spiro atoms. The number of benzene rings is 2. The topological polar surface area (TPSA) is 126 Å². The summed E-state index contributed by atoms with van der Waals surface area (Å²) in [5.74, 6) is 1.40. The van der Waals surface area contributed by atoms with E-state index in [1.54, 1.807) is 60.7 Å². The van der Waals surface area contributed by atoms with Gasteiger partial charge in [0.25, 0.3) is 0 Å². The fourth-order valence-corrected chi connectivity index (χ4v) is 2.42. The molecule has 0 fully saturated rings. The van der Waals surface area contributed by atoms with Crippen molar-refractivity contribution in [2.75, 3.05) is 0 Å². The maximum absolute atomic E-state index is 9.34. The van der Waals surface area contributed by atoms with Crippen molar-refractivity contribution in [3.05, 3.63) is 76.8 Å². The van der Waals surface area contributed by atoms with Crippen molar-refractivity contribution in [1.29, 1.82) is 0 Å². The Bertz CT molecular complexity index is 948. The second-order valence-corrected chi connectivity index (χ2v) is 5.93. The number of nitrogens with zero attached hydrogens (tertiary/aromatic N) is 3. The van der Waals surface area contributed by atoms with Crippen molar-refractivity contribution in [2.24, 2.45) is 16.5 Å². The van der Waals surface area contributed by atoms with Gasteiger partial charge in [-0.3, -0.25) is 5.10 Å². The number of nitrogens with one attached hydrogen (secondary N) is 1. The maximum atomic E-state index is 9.34. The van der Waals surface area contributed by atoms with E-state index >= 15 is 0 Å². The van der Waals surface area contributed by atoms with E-state index in [0.29, 0.717) is 28.2 Å². The van der Waals surface area contributed by atoms with Crippen molar-refractivity contribution in [2.45, 2.75) is 6.04 Å². The van der Waals surface area contributed by atoms with Crippen molar-refractivity contribution < 1.29 is 5.11 Å². The highest BCUT2D eigenvalue weighted by atomic mass is 35.5. The fraction of sp³-hybridized carbons (Fsp3) is 0.0556. The first kappa shape index (κ1) is 17.7. The molecule has 3 aromatic rings. The summed E-state index contributed by atoms with van der Waals surface area (Å²) in [5, 5.41) is 16.8. The van der Waals surface area contributed by atoms with Crippen LogP contribution in [0.25, 0.3) is 6.08 Å². The second kappa shape index (κ2) is 7.81. The quantitative estimate of drug-likeness (QED) is 0.407. The van der Waals surface area contributed by atoms with Crippen LogP contribution in [0.2, 0.25) is 5.02 Å². The normalized spacial score (nSPS) is 13.2. The van der Waals surface area contributed by atoms with Crippen LogP contribution in [0.4, 0.5) is 5.69 Å². The number of hydrogen-bond acceptors (Lipinski definition) is 5. The molecule has 1 heterocycles. The molecule has 8 heteroatoms. The molecule has 26 heavy (non-hydrogen) atoms. The summed E-state index contributed by atoms with van der Waals surface area (Å²) in [6, 6.07) is 13.2. The van der Waals surface area contributed by atoms with Gasteiger partial charge in [0.2, 0.25) is 0 Å². The van der Waals surface area contributed by atoms with Crippen LogP contribution < -0.4 is 11.5 Å². The number of aliphatic imine (C=N–C) groups is 1. The zero-order chi connectivity index (χ0) is 18.5. The van der Waals surface area contributed by atoms with Crippen molar-refractivity contribution in [3.63, 3.8) is 0 Å². The number of aromatic nitrogens is 3. The third-order valence-corrected chi connectivity index (χ3v) is 3.77. The van der Waals surface area contributed by atoms with Crippen LogP contribution in [0.15, 0.2) is 59.6 Å². The summed E-state index contributed by atoms with van der Waals surface area (Å²) in [6.45, 7) is 0. The van der Waals surface area contributed by atoms with Gasteiger partial charge in [0.05, 0.1) is 11.7 Å². The Balaban J connectivity index is 1.71. The van der Waals surface area contributed by atoms with E-state index in [9.17, 15) is 5.11 Å². The molecule has 0 aliphatic heterocycles.